The van der Waals surface area contributed by atoms with Crippen LogP contribution >= 0.6 is 0 Å². The summed E-state index contributed by atoms with van der Waals surface area (Å²) in [6, 6.07) is 7.75. The molecule has 0 unspecified atom stereocenters. The van der Waals surface area contributed by atoms with Crippen LogP contribution in [0.15, 0.2) is 24.3 Å². The van der Waals surface area contributed by atoms with Gasteiger partial charge in [0.25, 0.3) is 0 Å². The molecule has 1 aromatic rings. The highest BCUT2D eigenvalue weighted by Crippen LogP contribution is 2.24. The lowest BCUT2D eigenvalue weighted by Crippen LogP contribution is -2.39. The minimum absolute atomic E-state index is 0.0329. The summed E-state index contributed by atoms with van der Waals surface area (Å²) in [7, 11) is 1.64. The summed E-state index contributed by atoms with van der Waals surface area (Å²) in [6.07, 6.45) is 2.89. The van der Waals surface area contributed by atoms with Gasteiger partial charge in [-0.05, 0) is 37.0 Å². The number of carbonyl (C=O) groups is 1. The summed E-state index contributed by atoms with van der Waals surface area (Å²) in [5, 5.41) is 12.4. The molecule has 0 aliphatic carbocycles. The zero-order valence-electron chi connectivity index (χ0n) is 13.3. The smallest absolute Gasteiger partial charge is 0.220 e. The fraction of sp³-hybridized carbons (Fsp3) is 0.588. The molecule has 118 valence electrons. The summed E-state index contributed by atoms with van der Waals surface area (Å²) < 4.78 is 5.10. The molecule has 4 heteroatoms. The van der Waals surface area contributed by atoms with E-state index in [2.05, 4.69) is 5.32 Å². The van der Waals surface area contributed by atoms with Crippen LogP contribution in [0.25, 0.3) is 0 Å². The molecule has 0 bridgehead atoms. The molecule has 0 heterocycles. The van der Waals surface area contributed by atoms with Crippen LogP contribution in [0.1, 0.15) is 38.7 Å². The van der Waals surface area contributed by atoms with Gasteiger partial charge in [0.2, 0.25) is 5.91 Å². The summed E-state index contributed by atoms with van der Waals surface area (Å²) in [4.78, 5) is 11.9. The van der Waals surface area contributed by atoms with E-state index < -0.39 is 0 Å². The normalized spacial score (nSPS) is 11.2. The number of carbonyl (C=O) groups excluding carboxylic acids is 1. The van der Waals surface area contributed by atoms with E-state index in [1.165, 1.54) is 0 Å². The Hall–Kier alpha value is -1.55. The first-order valence-corrected chi connectivity index (χ1v) is 7.59. The van der Waals surface area contributed by atoms with Crippen LogP contribution in [0.3, 0.4) is 0 Å². The molecule has 0 atom stereocenters. The maximum absolute atomic E-state index is 11.9. The molecule has 0 spiro atoms. The van der Waals surface area contributed by atoms with Crippen LogP contribution in [-0.2, 0) is 11.2 Å². The van der Waals surface area contributed by atoms with Crippen molar-refractivity contribution in [2.45, 2.75) is 39.5 Å². The van der Waals surface area contributed by atoms with E-state index in [0.717, 1.165) is 24.2 Å². The van der Waals surface area contributed by atoms with Gasteiger partial charge in [-0.1, -0.05) is 26.0 Å². The van der Waals surface area contributed by atoms with Crippen molar-refractivity contribution in [3.05, 3.63) is 29.8 Å². The zero-order valence-corrected chi connectivity index (χ0v) is 13.3. The van der Waals surface area contributed by atoms with Gasteiger partial charge in [-0.15, -0.1) is 0 Å². The SMILES string of the molecule is CCC(CC)(CO)CNC(=O)CCc1ccc(OC)cc1. The van der Waals surface area contributed by atoms with Gasteiger partial charge in [0, 0.05) is 18.4 Å². The van der Waals surface area contributed by atoms with Crippen molar-refractivity contribution in [1.29, 1.82) is 0 Å². The number of aryl methyl sites for hydroxylation is 1. The topological polar surface area (TPSA) is 58.6 Å². The van der Waals surface area contributed by atoms with E-state index >= 15 is 0 Å². The van der Waals surface area contributed by atoms with Crippen molar-refractivity contribution in [2.75, 3.05) is 20.3 Å². The highest BCUT2D eigenvalue weighted by atomic mass is 16.5. The first-order chi connectivity index (χ1) is 10.1. The molecule has 0 aliphatic rings. The van der Waals surface area contributed by atoms with Crippen LogP contribution < -0.4 is 10.1 Å². The Kier molecular flexibility index (Phi) is 7.23. The number of benzene rings is 1. The van der Waals surface area contributed by atoms with Gasteiger partial charge in [0.15, 0.2) is 0 Å². The van der Waals surface area contributed by atoms with E-state index in [0.29, 0.717) is 19.4 Å². The number of aliphatic hydroxyl groups is 1. The molecule has 2 N–H and O–H groups in total. The van der Waals surface area contributed by atoms with Crippen molar-refractivity contribution < 1.29 is 14.6 Å². The Morgan fingerprint density at radius 3 is 2.33 bits per heavy atom. The van der Waals surface area contributed by atoms with Crippen molar-refractivity contribution in [3.63, 3.8) is 0 Å². The molecule has 0 saturated heterocycles. The molecule has 21 heavy (non-hydrogen) atoms. The predicted molar refractivity (Wildman–Crippen MR) is 84.4 cm³/mol. The number of methoxy groups -OCH3 is 1. The molecular formula is C17H27NO3. The molecule has 4 nitrogen and oxygen atoms in total. The van der Waals surface area contributed by atoms with Crippen LogP contribution in [0.4, 0.5) is 0 Å². The number of hydrogen-bond acceptors (Lipinski definition) is 3. The fourth-order valence-electron chi connectivity index (χ4n) is 2.20. The van der Waals surface area contributed by atoms with Gasteiger partial charge >= 0.3 is 0 Å². The Morgan fingerprint density at radius 2 is 1.86 bits per heavy atom. The van der Waals surface area contributed by atoms with E-state index in [1.807, 2.05) is 38.1 Å². The minimum atomic E-state index is -0.185. The second-order valence-corrected chi connectivity index (χ2v) is 5.49. The third kappa shape index (κ3) is 5.38. The maximum Gasteiger partial charge on any atom is 0.220 e. The molecule has 1 amide bonds. The van der Waals surface area contributed by atoms with Gasteiger partial charge in [-0.3, -0.25) is 4.79 Å². The predicted octanol–water partition coefficient (Wildman–Crippen LogP) is 2.54. The Labute approximate surface area is 127 Å². The van der Waals surface area contributed by atoms with Crippen molar-refractivity contribution >= 4 is 5.91 Å². The second kappa shape index (κ2) is 8.67. The lowest BCUT2D eigenvalue weighted by Gasteiger charge is -2.29. The van der Waals surface area contributed by atoms with E-state index in [1.54, 1.807) is 7.11 Å². The summed E-state index contributed by atoms with van der Waals surface area (Å²) in [6.45, 7) is 4.74. The first kappa shape index (κ1) is 17.5. The largest absolute Gasteiger partial charge is 0.497 e. The number of hydrogen-bond donors (Lipinski definition) is 2. The van der Waals surface area contributed by atoms with Crippen LogP contribution in [0.5, 0.6) is 5.75 Å². The van der Waals surface area contributed by atoms with Crippen molar-refractivity contribution in [3.8, 4) is 5.75 Å². The van der Waals surface area contributed by atoms with Crippen molar-refractivity contribution in [1.82, 2.24) is 5.32 Å². The number of ether oxygens (including phenoxy) is 1. The number of aliphatic hydroxyl groups excluding tert-OH is 1. The fourth-order valence-corrected chi connectivity index (χ4v) is 2.20. The van der Waals surface area contributed by atoms with Crippen molar-refractivity contribution in [2.24, 2.45) is 5.41 Å². The van der Waals surface area contributed by atoms with Gasteiger partial charge in [-0.25, -0.2) is 0 Å². The van der Waals surface area contributed by atoms with Crippen LogP contribution in [-0.4, -0.2) is 31.3 Å². The van der Waals surface area contributed by atoms with Gasteiger partial charge in [-0.2, -0.15) is 0 Å². The highest BCUT2D eigenvalue weighted by molar-refractivity contribution is 5.76. The van der Waals surface area contributed by atoms with E-state index in [4.69, 9.17) is 4.74 Å². The Balaban J connectivity index is 2.39. The molecule has 0 aromatic heterocycles. The minimum Gasteiger partial charge on any atom is -0.497 e. The maximum atomic E-state index is 11.9. The summed E-state index contributed by atoms with van der Waals surface area (Å²) >= 11 is 0. The summed E-state index contributed by atoms with van der Waals surface area (Å²) in [5.41, 5.74) is 0.931. The quantitative estimate of drug-likeness (QED) is 0.735. The molecule has 0 saturated carbocycles. The molecule has 0 radical (unpaired) electrons. The third-order valence-corrected chi connectivity index (χ3v) is 4.30. The van der Waals surface area contributed by atoms with Gasteiger partial charge in [0.1, 0.15) is 5.75 Å². The molecular weight excluding hydrogens is 266 g/mol. The van der Waals surface area contributed by atoms with E-state index in [9.17, 15) is 9.90 Å². The number of rotatable bonds is 9. The molecule has 1 rings (SSSR count). The summed E-state index contributed by atoms with van der Waals surface area (Å²) in [5.74, 6) is 0.854. The van der Waals surface area contributed by atoms with Gasteiger partial charge in [0.05, 0.1) is 13.7 Å². The Morgan fingerprint density at radius 1 is 1.24 bits per heavy atom. The monoisotopic (exact) mass is 293 g/mol. The molecule has 0 fully saturated rings. The lowest BCUT2D eigenvalue weighted by molar-refractivity contribution is -0.121. The molecule has 1 aromatic carbocycles. The van der Waals surface area contributed by atoms with Gasteiger partial charge < -0.3 is 15.2 Å². The average molecular weight is 293 g/mol. The zero-order chi connectivity index (χ0) is 15.7. The average Bonchev–Trinajstić information content (AvgIpc) is 2.55. The molecule has 0 aliphatic heterocycles. The first-order valence-electron chi connectivity index (χ1n) is 7.59. The highest BCUT2D eigenvalue weighted by Gasteiger charge is 2.25. The second-order valence-electron chi connectivity index (χ2n) is 5.49. The number of amides is 1. The van der Waals surface area contributed by atoms with E-state index in [-0.39, 0.29) is 17.9 Å². The van der Waals surface area contributed by atoms with Crippen LogP contribution in [0.2, 0.25) is 0 Å². The number of nitrogens with one attached hydrogen (secondary N) is 1. The Bertz CT molecular complexity index is 416. The third-order valence-electron chi connectivity index (χ3n) is 4.30. The van der Waals surface area contributed by atoms with Crippen LogP contribution in [0, 0.1) is 5.41 Å². The standard InChI is InChI=1S/C17H27NO3/c1-4-17(5-2,13-19)12-18-16(20)11-8-14-6-9-15(21-3)10-7-14/h6-7,9-10,19H,4-5,8,11-13H2,1-3H3,(H,18,20). The lowest BCUT2D eigenvalue weighted by atomic mass is 9.83.